The molecule has 1 N–H and O–H groups in total. The van der Waals surface area contributed by atoms with Crippen LogP contribution in [-0.2, 0) is 0 Å². The molecule has 0 spiro atoms. The van der Waals surface area contributed by atoms with E-state index in [1.807, 2.05) is 26.0 Å². The molecule has 0 saturated heterocycles. The first-order chi connectivity index (χ1) is 10.5. The van der Waals surface area contributed by atoms with Crippen LogP contribution < -0.4 is 0 Å². The number of rotatable bonds is 3. The molecule has 2 heterocycles. The van der Waals surface area contributed by atoms with Crippen LogP contribution in [0, 0.1) is 5.82 Å². The van der Waals surface area contributed by atoms with Crippen molar-refractivity contribution >= 4 is 11.5 Å². The van der Waals surface area contributed by atoms with Crippen molar-refractivity contribution in [2.24, 2.45) is 0 Å². The maximum atomic E-state index is 13.1. The normalized spacial score (nSPS) is 11.3. The van der Waals surface area contributed by atoms with Crippen molar-refractivity contribution in [3.63, 3.8) is 0 Å². The first kappa shape index (κ1) is 14.3. The topological polar surface area (TPSA) is 54.6 Å². The molecule has 0 radical (unpaired) electrons. The molecule has 3 aromatic rings. The van der Waals surface area contributed by atoms with Gasteiger partial charge in [-0.1, -0.05) is 13.8 Å². The van der Waals surface area contributed by atoms with Gasteiger partial charge in [-0.25, -0.2) is 13.7 Å². The van der Waals surface area contributed by atoms with Gasteiger partial charge in [-0.3, -0.25) is 0 Å². The van der Waals surface area contributed by atoms with E-state index in [4.69, 9.17) is 0 Å². The van der Waals surface area contributed by atoms with Crippen LogP contribution in [0.1, 0.15) is 35.7 Å². The zero-order valence-electron chi connectivity index (χ0n) is 12.2. The Morgan fingerprint density at radius 1 is 1.23 bits per heavy atom. The van der Waals surface area contributed by atoms with Crippen LogP contribution in [0.15, 0.2) is 42.6 Å². The van der Waals surface area contributed by atoms with Crippen LogP contribution in [0.3, 0.4) is 0 Å². The quantitative estimate of drug-likeness (QED) is 0.796. The van der Waals surface area contributed by atoms with Crippen LogP contribution in [0.2, 0.25) is 0 Å². The molecular weight excluding hydrogens is 283 g/mol. The van der Waals surface area contributed by atoms with Crippen LogP contribution in [0.4, 0.5) is 4.39 Å². The van der Waals surface area contributed by atoms with Gasteiger partial charge in [0.1, 0.15) is 11.5 Å². The SMILES string of the molecule is CC(C)c1c(C(=O)O)c(-c2ccc(F)cc2)nn2cccc12. The molecule has 0 aliphatic rings. The summed E-state index contributed by atoms with van der Waals surface area (Å²) in [6.07, 6.45) is 1.78. The van der Waals surface area contributed by atoms with Crippen LogP contribution in [-0.4, -0.2) is 20.7 Å². The highest BCUT2D eigenvalue weighted by Gasteiger charge is 2.23. The predicted molar refractivity (Wildman–Crippen MR) is 81.6 cm³/mol. The number of hydrogen-bond donors (Lipinski definition) is 1. The summed E-state index contributed by atoms with van der Waals surface area (Å²) in [7, 11) is 0. The fraction of sp³-hybridized carbons (Fsp3) is 0.176. The Bertz CT molecular complexity index is 851. The van der Waals surface area contributed by atoms with Gasteiger partial charge >= 0.3 is 5.97 Å². The lowest BCUT2D eigenvalue weighted by molar-refractivity contribution is 0.0695. The number of aromatic nitrogens is 2. The Labute approximate surface area is 126 Å². The summed E-state index contributed by atoms with van der Waals surface area (Å²) in [5.74, 6) is -1.38. The van der Waals surface area contributed by atoms with E-state index in [9.17, 15) is 14.3 Å². The summed E-state index contributed by atoms with van der Waals surface area (Å²) in [6, 6.07) is 9.37. The lowest BCUT2D eigenvalue weighted by atomic mass is 9.93. The van der Waals surface area contributed by atoms with Crippen LogP contribution in [0.25, 0.3) is 16.8 Å². The highest BCUT2D eigenvalue weighted by atomic mass is 19.1. The van der Waals surface area contributed by atoms with Crippen LogP contribution in [0.5, 0.6) is 0 Å². The van der Waals surface area contributed by atoms with Crippen molar-refractivity contribution in [3.05, 3.63) is 59.5 Å². The Kier molecular flexibility index (Phi) is 3.41. The third-order valence-corrected chi connectivity index (χ3v) is 3.63. The van der Waals surface area contributed by atoms with Gasteiger partial charge in [-0.2, -0.15) is 5.10 Å². The molecule has 0 bridgehead atoms. The number of carboxylic acid groups (broad SMARTS) is 1. The minimum atomic E-state index is -1.03. The number of halogens is 1. The third kappa shape index (κ3) is 2.24. The van der Waals surface area contributed by atoms with E-state index in [1.54, 1.807) is 22.8 Å². The standard InChI is InChI=1S/C17H15FN2O2/c1-10(2)14-13-4-3-9-20(13)19-16(15(14)17(21)22)11-5-7-12(18)8-6-11/h3-10H,1-2H3,(H,21,22). The van der Waals surface area contributed by atoms with Crippen molar-refractivity contribution in [3.8, 4) is 11.3 Å². The maximum Gasteiger partial charge on any atom is 0.338 e. The molecule has 3 rings (SSSR count). The highest BCUT2D eigenvalue weighted by molar-refractivity contribution is 5.98. The Balaban J connectivity index is 2.40. The number of fused-ring (bicyclic) bond motifs is 1. The molecule has 0 unspecified atom stereocenters. The van der Waals surface area contributed by atoms with Gasteiger partial charge < -0.3 is 5.11 Å². The zero-order valence-corrected chi connectivity index (χ0v) is 12.2. The molecule has 5 heteroatoms. The molecule has 0 saturated carbocycles. The van der Waals surface area contributed by atoms with Gasteiger partial charge in [0.15, 0.2) is 0 Å². The number of carboxylic acids is 1. The number of aromatic carboxylic acids is 1. The third-order valence-electron chi connectivity index (χ3n) is 3.63. The van der Waals surface area contributed by atoms with Gasteiger partial charge in [0.05, 0.1) is 11.1 Å². The average molecular weight is 298 g/mol. The Morgan fingerprint density at radius 3 is 2.50 bits per heavy atom. The van der Waals surface area contributed by atoms with Gasteiger partial charge in [0.2, 0.25) is 0 Å². The fourth-order valence-electron chi connectivity index (χ4n) is 2.70. The van der Waals surface area contributed by atoms with E-state index in [0.717, 1.165) is 11.1 Å². The molecule has 0 fully saturated rings. The van der Waals surface area contributed by atoms with Gasteiger partial charge in [-0.15, -0.1) is 0 Å². The maximum absolute atomic E-state index is 13.1. The molecule has 1 aromatic carbocycles. The molecule has 112 valence electrons. The predicted octanol–water partition coefficient (Wildman–Crippen LogP) is 3.96. The molecule has 4 nitrogen and oxygen atoms in total. The minimum absolute atomic E-state index is 0.0192. The Hall–Kier alpha value is -2.69. The molecule has 0 aliphatic carbocycles. The summed E-state index contributed by atoms with van der Waals surface area (Å²) in [6.45, 7) is 3.90. The smallest absolute Gasteiger partial charge is 0.338 e. The summed E-state index contributed by atoms with van der Waals surface area (Å²) < 4.78 is 14.8. The van der Waals surface area contributed by atoms with E-state index in [0.29, 0.717) is 11.3 Å². The second-order valence-corrected chi connectivity index (χ2v) is 5.44. The molecule has 22 heavy (non-hydrogen) atoms. The van der Waals surface area contributed by atoms with Crippen LogP contribution >= 0.6 is 0 Å². The largest absolute Gasteiger partial charge is 0.478 e. The van der Waals surface area contributed by atoms with Gasteiger partial charge in [0, 0.05) is 11.8 Å². The number of carbonyl (C=O) groups is 1. The Morgan fingerprint density at radius 2 is 1.91 bits per heavy atom. The summed E-state index contributed by atoms with van der Waals surface area (Å²) in [5.41, 5.74) is 2.61. The van der Waals surface area contributed by atoms with E-state index in [1.165, 1.54) is 12.1 Å². The minimum Gasteiger partial charge on any atom is -0.478 e. The van der Waals surface area contributed by atoms with E-state index in [2.05, 4.69) is 5.10 Å². The van der Waals surface area contributed by atoms with E-state index < -0.39 is 5.97 Å². The van der Waals surface area contributed by atoms with Crippen molar-refractivity contribution < 1.29 is 14.3 Å². The first-order valence-corrected chi connectivity index (χ1v) is 6.99. The summed E-state index contributed by atoms with van der Waals surface area (Å²) in [5, 5.41) is 14.1. The van der Waals surface area contributed by atoms with Crippen molar-refractivity contribution in [2.45, 2.75) is 19.8 Å². The number of benzene rings is 1. The van der Waals surface area contributed by atoms with E-state index in [-0.39, 0.29) is 17.3 Å². The first-order valence-electron chi connectivity index (χ1n) is 6.99. The van der Waals surface area contributed by atoms with Crippen molar-refractivity contribution in [1.82, 2.24) is 9.61 Å². The second kappa shape index (κ2) is 5.26. The second-order valence-electron chi connectivity index (χ2n) is 5.44. The zero-order chi connectivity index (χ0) is 15.9. The molecule has 0 aliphatic heterocycles. The molecule has 2 aromatic heterocycles. The monoisotopic (exact) mass is 298 g/mol. The molecule has 0 atom stereocenters. The molecule has 0 amide bonds. The van der Waals surface area contributed by atoms with Gasteiger partial charge in [0.25, 0.3) is 0 Å². The lowest BCUT2D eigenvalue weighted by Crippen LogP contribution is -2.12. The average Bonchev–Trinajstić information content (AvgIpc) is 2.93. The summed E-state index contributed by atoms with van der Waals surface area (Å²) in [4.78, 5) is 11.8. The number of nitrogens with zero attached hydrogens (tertiary/aromatic N) is 2. The van der Waals surface area contributed by atoms with E-state index >= 15 is 0 Å². The van der Waals surface area contributed by atoms with Crippen molar-refractivity contribution in [1.29, 1.82) is 0 Å². The lowest BCUT2D eigenvalue weighted by Gasteiger charge is -2.16. The fourth-order valence-corrected chi connectivity index (χ4v) is 2.70. The summed E-state index contributed by atoms with van der Waals surface area (Å²) >= 11 is 0. The highest BCUT2D eigenvalue weighted by Crippen LogP contribution is 2.32. The van der Waals surface area contributed by atoms with Gasteiger partial charge in [-0.05, 0) is 47.9 Å². The molecular formula is C17H15FN2O2. The number of hydrogen-bond acceptors (Lipinski definition) is 2. The van der Waals surface area contributed by atoms with Crippen molar-refractivity contribution in [2.75, 3.05) is 0 Å².